The van der Waals surface area contributed by atoms with Crippen LogP contribution in [0.3, 0.4) is 0 Å². The molecule has 0 bridgehead atoms. The van der Waals surface area contributed by atoms with Gasteiger partial charge in [-0.2, -0.15) is 0 Å². The summed E-state index contributed by atoms with van der Waals surface area (Å²) in [5, 5.41) is -0.0457. The second-order valence-corrected chi connectivity index (χ2v) is 7.87. The lowest BCUT2D eigenvalue weighted by Crippen LogP contribution is -2.25. The number of hydrogen-bond acceptors (Lipinski definition) is 2. The van der Waals surface area contributed by atoms with Crippen molar-refractivity contribution in [2.45, 2.75) is 70.6 Å². The van der Waals surface area contributed by atoms with Crippen LogP contribution in [0.2, 0.25) is 5.02 Å². The Kier molecular flexibility index (Phi) is 5.80. The van der Waals surface area contributed by atoms with Crippen LogP contribution < -0.4 is 4.74 Å². The van der Waals surface area contributed by atoms with Crippen molar-refractivity contribution in [2.75, 3.05) is 0 Å². The fraction of sp³-hybridized carbons (Fsp3) is 0.650. The molecular weight excluding hydrogens is 327 g/mol. The highest BCUT2D eigenvalue weighted by Crippen LogP contribution is 2.39. The van der Waals surface area contributed by atoms with Gasteiger partial charge in [0.25, 0.3) is 0 Å². The first-order chi connectivity index (χ1) is 11.6. The first-order valence-corrected chi connectivity index (χ1v) is 9.63. The molecule has 3 rings (SSSR count). The molecule has 0 radical (unpaired) electrons. The van der Waals surface area contributed by atoms with Crippen LogP contribution >= 0.6 is 11.6 Å². The molecule has 0 aliphatic heterocycles. The minimum atomic E-state index is -0.411. The number of ether oxygens (including phenoxy) is 1. The smallest absolute Gasteiger partial charge is 0.314 e. The van der Waals surface area contributed by atoms with E-state index in [-0.39, 0.29) is 28.6 Å². The Labute approximate surface area is 148 Å². The van der Waals surface area contributed by atoms with Crippen molar-refractivity contribution in [1.82, 2.24) is 0 Å². The molecular formula is C20H26ClFO2. The molecule has 24 heavy (non-hydrogen) atoms. The third-order valence-corrected chi connectivity index (χ3v) is 6.03. The van der Waals surface area contributed by atoms with E-state index in [4.69, 9.17) is 16.3 Å². The largest absolute Gasteiger partial charge is 0.425 e. The molecule has 2 saturated carbocycles. The van der Waals surface area contributed by atoms with Crippen LogP contribution in [0.5, 0.6) is 5.75 Å². The van der Waals surface area contributed by atoms with Crippen LogP contribution in [-0.2, 0) is 4.79 Å². The third kappa shape index (κ3) is 3.93. The number of esters is 1. The fourth-order valence-electron chi connectivity index (χ4n) is 4.04. The van der Waals surface area contributed by atoms with Crippen molar-refractivity contribution in [3.8, 4) is 5.75 Å². The molecule has 0 unspecified atom stereocenters. The maximum atomic E-state index is 14.7. The molecule has 2 aliphatic carbocycles. The molecule has 0 amide bonds. The molecule has 1 aromatic rings. The fourth-order valence-corrected chi connectivity index (χ4v) is 4.25. The van der Waals surface area contributed by atoms with Gasteiger partial charge in [-0.3, -0.25) is 4.79 Å². The average Bonchev–Trinajstić information content (AvgIpc) is 2.60. The molecule has 0 atom stereocenters. The van der Waals surface area contributed by atoms with Gasteiger partial charge in [-0.25, -0.2) is 4.39 Å². The van der Waals surface area contributed by atoms with Crippen molar-refractivity contribution in [1.29, 1.82) is 0 Å². The van der Waals surface area contributed by atoms with E-state index >= 15 is 0 Å². The maximum Gasteiger partial charge on any atom is 0.314 e. The molecule has 0 spiro atoms. The Morgan fingerprint density at radius 1 is 1.08 bits per heavy atom. The van der Waals surface area contributed by atoms with E-state index in [1.165, 1.54) is 6.42 Å². The number of carbonyl (C=O) groups excluding carboxylic acids is 1. The Hall–Kier alpha value is -1.09. The second kappa shape index (κ2) is 7.86. The highest BCUT2D eigenvalue weighted by Gasteiger charge is 2.28. The van der Waals surface area contributed by atoms with Gasteiger partial charge in [0.1, 0.15) is 10.8 Å². The van der Waals surface area contributed by atoms with Crippen LogP contribution in [0, 0.1) is 17.7 Å². The van der Waals surface area contributed by atoms with Crippen LogP contribution in [0.15, 0.2) is 12.1 Å². The van der Waals surface area contributed by atoms with Gasteiger partial charge in [0.15, 0.2) is 5.75 Å². The van der Waals surface area contributed by atoms with Gasteiger partial charge in [-0.1, -0.05) is 43.9 Å². The van der Waals surface area contributed by atoms with Gasteiger partial charge >= 0.3 is 5.97 Å². The summed E-state index contributed by atoms with van der Waals surface area (Å²) in [6.45, 7) is 2.21. The van der Waals surface area contributed by atoms with E-state index in [0.29, 0.717) is 11.5 Å². The SMILES string of the molecule is CC1CCC(C(=O)Oc2ccc(C3CCCCC3)c(F)c2Cl)CC1. The summed E-state index contributed by atoms with van der Waals surface area (Å²) in [5.74, 6) is 0.307. The van der Waals surface area contributed by atoms with E-state index in [9.17, 15) is 9.18 Å². The van der Waals surface area contributed by atoms with Gasteiger partial charge < -0.3 is 4.74 Å². The predicted octanol–water partition coefficient (Wildman–Crippen LogP) is 6.26. The minimum absolute atomic E-state index is 0.0457. The first kappa shape index (κ1) is 17.7. The molecule has 2 nitrogen and oxygen atoms in total. The Morgan fingerprint density at radius 2 is 1.75 bits per heavy atom. The second-order valence-electron chi connectivity index (χ2n) is 7.49. The Balaban J connectivity index is 1.70. The lowest BCUT2D eigenvalue weighted by molar-refractivity contribution is -0.140. The van der Waals surface area contributed by atoms with Crippen molar-refractivity contribution in [2.24, 2.45) is 11.8 Å². The summed E-state index contributed by atoms with van der Waals surface area (Å²) in [4.78, 5) is 12.3. The number of rotatable bonds is 3. The van der Waals surface area contributed by atoms with Crippen molar-refractivity contribution < 1.29 is 13.9 Å². The first-order valence-electron chi connectivity index (χ1n) is 9.26. The summed E-state index contributed by atoms with van der Waals surface area (Å²) in [6, 6.07) is 3.42. The number of hydrogen-bond donors (Lipinski definition) is 0. The molecule has 0 N–H and O–H groups in total. The lowest BCUT2D eigenvalue weighted by atomic mass is 9.83. The van der Waals surface area contributed by atoms with E-state index < -0.39 is 5.82 Å². The number of benzene rings is 1. The molecule has 0 heterocycles. The zero-order valence-electron chi connectivity index (χ0n) is 14.3. The normalized spacial score (nSPS) is 25.5. The summed E-state index contributed by atoms with van der Waals surface area (Å²) in [5.41, 5.74) is 0.672. The summed E-state index contributed by atoms with van der Waals surface area (Å²) < 4.78 is 20.1. The highest BCUT2D eigenvalue weighted by molar-refractivity contribution is 6.32. The molecule has 1 aromatic carbocycles. The number of halogens is 2. The zero-order valence-corrected chi connectivity index (χ0v) is 15.1. The van der Waals surface area contributed by atoms with Gasteiger partial charge in [-0.05, 0) is 62.0 Å². The van der Waals surface area contributed by atoms with Crippen molar-refractivity contribution >= 4 is 17.6 Å². The van der Waals surface area contributed by atoms with Crippen LogP contribution in [0.4, 0.5) is 4.39 Å². The summed E-state index contributed by atoms with van der Waals surface area (Å²) in [6.07, 6.45) is 9.30. The summed E-state index contributed by atoms with van der Waals surface area (Å²) in [7, 11) is 0. The van der Waals surface area contributed by atoms with E-state index in [1.54, 1.807) is 12.1 Å². The molecule has 2 fully saturated rings. The van der Waals surface area contributed by atoms with Gasteiger partial charge in [0, 0.05) is 0 Å². The molecule has 0 aromatic heterocycles. The topological polar surface area (TPSA) is 26.3 Å². The van der Waals surface area contributed by atoms with Gasteiger partial charge in [-0.15, -0.1) is 0 Å². The third-order valence-electron chi connectivity index (χ3n) is 5.68. The monoisotopic (exact) mass is 352 g/mol. The molecule has 0 saturated heterocycles. The minimum Gasteiger partial charge on any atom is -0.425 e. The van der Waals surface area contributed by atoms with Crippen LogP contribution in [-0.4, -0.2) is 5.97 Å². The lowest BCUT2D eigenvalue weighted by Gasteiger charge is -2.25. The van der Waals surface area contributed by atoms with Crippen LogP contribution in [0.25, 0.3) is 0 Å². The molecule has 132 valence electrons. The van der Waals surface area contributed by atoms with Crippen LogP contribution in [0.1, 0.15) is 76.2 Å². The number of carbonyl (C=O) groups is 1. The van der Waals surface area contributed by atoms with Crippen molar-refractivity contribution in [3.05, 3.63) is 28.5 Å². The maximum absolute atomic E-state index is 14.7. The standard InChI is InChI=1S/C20H26ClFO2/c1-13-7-9-15(10-8-13)20(23)24-17-12-11-16(19(22)18(17)21)14-5-3-2-4-6-14/h11-15H,2-10H2,1H3. The average molecular weight is 353 g/mol. The van der Waals surface area contributed by atoms with E-state index in [1.807, 2.05) is 0 Å². The molecule has 2 aliphatic rings. The Bertz CT molecular complexity index is 588. The van der Waals surface area contributed by atoms with E-state index in [2.05, 4.69) is 6.92 Å². The van der Waals surface area contributed by atoms with Gasteiger partial charge in [0.05, 0.1) is 5.92 Å². The summed E-state index contributed by atoms with van der Waals surface area (Å²) >= 11 is 6.17. The van der Waals surface area contributed by atoms with E-state index in [0.717, 1.165) is 51.4 Å². The van der Waals surface area contributed by atoms with Gasteiger partial charge in [0.2, 0.25) is 0 Å². The predicted molar refractivity (Wildman–Crippen MR) is 94.0 cm³/mol. The highest BCUT2D eigenvalue weighted by atomic mass is 35.5. The van der Waals surface area contributed by atoms with Crippen molar-refractivity contribution in [3.63, 3.8) is 0 Å². The quantitative estimate of drug-likeness (QED) is 0.474. The Morgan fingerprint density at radius 3 is 2.42 bits per heavy atom. The molecule has 4 heteroatoms. The zero-order chi connectivity index (χ0) is 17.1.